The van der Waals surface area contributed by atoms with Crippen molar-refractivity contribution in [3.63, 3.8) is 0 Å². The average molecular weight is 315 g/mol. The van der Waals surface area contributed by atoms with Crippen molar-refractivity contribution in [3.05, 3.63) is 30.3 Å². The number of para-hydroxylation sites is 1. The van der Waals surface area contributed by atoms with Crippen molar-refractivity contribution < 1.29 is 4.79 Å². The minimum absolute atomic E-state index is 0.344. The van der Waals surface area contributed by atoms with Gasteiger partial charge in [-0.3, -0.25) is 4.79 Å². The zero-order valence-corrected chi connectivity index (χ0v) is 14.3. The van der Waals surface area contributed by atoms with Crippen LogP contribution in [0.1, 0.15) is 32.1 Å². The number of carbonyl (C=O) groups is 1. The smallest absolute Gasteiger partial charge is 0.222 e. The molecule has 3 rings (SSSR count). The van der Waals surface area contributed by atoms with Gasteiger partial charge in [-0.05, 0) is 45.0 Å². The lowest BCUT2D eigenvalue weighted by atomic mass is 9.98. The molecule has 4 heteroatoms. The lowest BCUT2D eigenvalue weighted by Crippen LogP contribution is -2.49. The van der Waals surface area contributed by atoms with Gasteiger partial charge < -0.3 is 14.7 Å². The normalized spacial score (nSPS) is 23.1. The van der Waals surface area contributed by atoms with Crippen molar-refractivity contribution in [2.45, 2.75) is 38.1 Å². The minimum atomic E-state index is 0.344. The van der Waals surface area contributed by atoms with E-state index in [0.717, 1.165) is 32.6 Å². The molecular weight excluding hydrogens is 286 g/mol. The maximum absolute atomic E-state index is 12.5. The number of carbonyl (C=O) groups excluding carboxylic acids is 1. The van der Waals surface area contributed by atoms with Gasteiger partial charge in [0.15, 0.2) is 0 Å². The van der Waals surface area contributed by atoms with Crippen LogP contribution in [-0.2, 0) is 4.79 Å². The molecule has 2 heterocycles. The number of likely N-dealkylation sites (tertiary alicyclic amines) is 1. The van der Waals surface area contributed by atoms with E-state index in [0.29, 0.717) is 18.4 Å². The Morgan fingerprint density at radius 1 is 1.04 bits per heavy atom. The lowest BCUT2D eigenvalue weighted by molar-refractivity contribution is -0.131. The summed E-state index contributed by atoms with van der Waals surface area (Å²) in [5.74, 6) is 0.344. The molecule has 4 nitrogen and oxygen atoms in total. The maximum Gasteiger partial charge on any atom is 0.222 e. The van der Waals surface area contributed by atoms with Crippen LogP contribution in [-0.4, -0.2) is 61.5 Å². The van der Waals surface area contributed by atoms with Crippen LogP contribution in [0, 0.1) is 0 Å². The highest BCUT2D eigenvalue weighted by molar-refractivity contribution is 5.76. The van der Waals surface area contributed by atoms with Gasteiger partial charge in [-0.25, -0.2) is 0 Å². The number of nitrogens with zero attached hydrogens (tertiary/aromatic N) is 3. The van der Waals surface area contributed by atoms with Crippen LogP contribution in [0.15, 0.2) is 30.3 Å². The summed E-state index contributed by atoms with van der Waals surface area (Å²) >= 11 is 0. The third kappa shape index (κ3) is 4.25. The van der Waals surface area contributed by atoms with Gasteiger partial charge in [0.2, 0.25) is 5.91 Å². The van der Waals surface area contributed by atoms with Crippen LogP contribution < -0.4 is 4.90 Å². The van der Waals surface area contributed by atoms with Crippen LogP contribution in [0.25, 0.3) is 0 Å². The molecule has 0 spiro atoms. The summed E-state index contributed by atoms with van der Waals surface area (Å²) in [6.07, 6.45) is 5.61. The Balaban J connectivity index is 1.43. The first kappa shape index (κ1) is 16.3. The summed E-state index contributed by atoms with van der Waals surface area (Å²) in [6.45, 7) is 4.79. The van der Waals surface area contributed by atoms with Crippen molar-refractivity contribution in [2.75, 3.05) is 44.7 Å². The first-order valence-electron chi connectivity index (χ1n) is 9.02. The second-order valence-corrected chi connectivity index (χ2v) is 6.87. The van der Waals surface area contributed by atoms with E-state index in [1.807, 2.05) is 6.07 Å². The molecule has 2 aliphatic rings. The molecule has 1 atom stereocenters. The third-order valence-electron chi connectivity index (χ3n) is 5.37. The van der Waals surface area contributed by atoms with E-state index in [4.69, 9.17) is 0 Å². The van der Waals surface area contributed by atoms with E-state index in [2.05, 4.69) is 46.0 Å². The van der Waals surface area contributed by atoms with Crippen molar-refractivity contribution in [2.24, 2.45) is 0 Å². The molecule has 23 heavy (non-hydrogen) atoms. The minimum Gasteiger partial charge on any atom is -0.368 e. The molecule has 1 amide bonds. The first-order valence-corrected chi connectivity index (χ1v) is 9.02. The quantitative estimate of drug-likeness (QED) is 0.854. The van der Waals surface area contributed by atoms with E-state index < -0.39 is 0 Å². The van der Waals surface area contributed by atoms with E-state index in [1.165, 1.54) is 31.5 Å². The van der Waals surface area contributed by atoms with Crippen molar-refractivity contribution in [3.8, 4) is 0 Å². The Labute approximate surface area is 140 Å². The number of benzene rings is 1. The molecule has 0 bridgehead atoms. The van der Waals surface area contributed by atoms with E-state index in [-0.39, 0.29) is 0 Å². The Morgan fingerprint density at radius 3 is 2.48 bits per heavy atom. The standard InChI is InChI=1S/C19H29N3O/c1-20-12-6-5-7-17(20)10-11-19(23)22-15-13-21(14-16-22)18-8-3-2-4-9-18/h2-4,8-9,17H,5-7,10-16H2,1H3. The molecule has 2 saturated heterocycles. The number of rotatable bonds is 4. The monoisotopic (exact) mass is 315 g/mol. The molecule has 1 unspecified atom stereocenters. The predicted molar refractivity (Wildman–Crippen MR) is 94.7 cm³/mol. The third-order valence-corrected chi connectivity index (χ3v) is 5.37. The molecule has 0 aromatic heterocycles. The van der Waals surface area contributed by atoms with Gasteiger partial charge in [0.1, 0.15) is 0 Å². The molecular formula is C19H29N3O. The molecule has 0 aliphatic carbocycles. The molecule has 2 aliphatic heterocycles. The fourth-order valence-electron chi connectivity index (χ4n) is 3.81. The Hall–Kier alpha value is -1.55. The van der Waals surface area contributed by atoms with E-state index in [1.54, 1.807) is 0 Å². The first-order chi connectivity index (χ1) is 11.2. The lowest BCUT2D eigenvalue weighted by Gasteiger charge is -2.37. The summed E-state index contributed by atoms with van der Waals surface area (Å²) in [6, 6.07) is 11.1. The van der Waals surface area contributed by atoms with Crippen molar-refractivity contribution in [1.29, 1.82) is 0 Å². The van der Waals surface area contributed by atoms with Crippen molar-refractivity contribution >= 4 is 11.6 Å². The summed E-state index contributed by atoms with van der Waals surface area (Å²) in [5, 5.41) is 0. The van der Waals surface area contributed by atoms with E-state index in [9.17, 15) is 4.79 Å². The fourth-order valence-corrected chi connectivity index (χ4v) is 3.81. The molecule has 2 fully saturated rings. The zero-order valence-electron chi connectivity index (χ0n) is 14.3. The van der Waals surface area contributed by atoms with Crippen LogP contribution in [0.2, 0.25) is 0 Å². The number of hydrogen-bond acceptors (Lipinski definition) is 3. The zero-order chi connectivity index (χ0) is 16.1. The summed E-state index contributed by atoms with van der Waals surface area (Å²) < 4.78 is 0. The molecule has 126 valence electrons. The second-order valence-electron chi connectivity index (χ2n) is 6.87. The number of piperazine rings is 1. The van der Waals surface area contributed by atoms with Gasteiger partial charge in [0.25, 0.3) is 0 Å². The molecule has 0 radical (unpaired) electrons. The van der Waals surface area contributed by atoms with E-state index >= 15 is 0 Å². The Bertz CT molecular complexity index is 497. The van der Waals surface area contributed by atoms with Crippen LogP contribution in [0.5, 0.6) is 0 Å². The van der Waals surface area contributed by atoms with Gasteiger partial charge in [0.05, 0.1) is 0 Å². The number of anilines is 1. The van der Waals surface area contributed by atoms with Crippen molar-refractivity contribution in [1.82, 2.24) is 9.80 Å². The number of amides is 1. The molecule has 1 aromatic carbocycles. The highest BCUT2D eigenvalue weighted by Gasteiger charge is 2.24. The van der Waals surface area contributed by atoms with Crippen LogP contribution in [0.3, 0.4) is 0 Å². The topological polar surface area (TPSA) is 26.8 Å². The number of piperidine rings is 1. The highest BCUT2D eigenvalue weighted by atomic mass is 16.2. The summed E-state index contributed by atoms with van der Waals surface area (Å²) in [7, 11) is 2.20. The highest BCUT2D eigenvalue weighted by Crippen LogP contribution is 2.20. The Kier molecular flexibility index (Phi) is 5.55. The molecule has 0 saturated carbocycles. The van der Waals surface area contributed by atoms with Gasteiger partial charge in [-0.2, -0.15) is 0 Å². The predicted octanol–water partition coefficient (Wildman–Crippen LogP) is 2.60. The summed E-state index contributed by atoms with van der Waals surface area (Å²) in [4.78, 5) is 19.3. The Morgan fingerprint density at radius 2 is 1.78 bits per heavy atom. The van der Waals surface area contributed by atoms with Gasteiger partial charge >= 0.3 is 0 Å². The molecule has 1 aromatic rings. The largest absolute Gasteiger partial charge is 0.368 e. The second kappa shape index (κ2) is 7.82. The average Bonchev–Trinajstić information content (AvgIpc) is 2.62. The van der Waals surface area contributed by atoms with Gasteiger partial charge in [0, 0.05) is 44.3 Å². The van der Waals surface area contributed by atoms with Gasteiger partial charge in [-0.15, -0.1) is 0 Å². The molecule has 0 N–H and O–H groups in total. The number of hydrogen-bond donors (Lipinski definition) is 0. The summed E-state index contributed by atoms with van der Waals surface area (Å²) in [5.41, 5.74) is 1.27. The van der Waals surface area contributed by atoms with Gasteiger partial charge in [-0.1, -0.05) is 24.6 Å². The fraction of sp³-hybridized carbons (Fsp3) is 0.632. The van der Waals surface area contributed by atoms with Crippen LogP contribution >= 0.6 is 0 Å². The SMILES string of the molecule is CN1CCCCC1CCC(=O)N1CCN(c2ccccc2)CC1. The maximum atomic E-state index is 12.5. The van der Waals surface area contributed by atoms with Crippen LogP contribution in [0.4, 0.5) is 5.69 Å².